The Bertz CT molecular complexity index is 1450. The summed E-state index contributed by atoms with van der Waals surface area (Å²) in [4.78, 5) is 12.9. The molecule has 13 heteroatoms. The maximum atomic E-state index is 13.5. The van der Waals surface area contributed by atoms with Crippen LogP contribution in [0.5, 0.6) is 5.75 Å². The van der Waals surface area contributed by atoms with E-state index in [0.717, 1.165) is 47.0 Å². The molecule has 0 radical (unpaired) electrons. The Morgan fingerprint density at radius 2 is 1.76 bits per heavy atom. The van der Waals surface area contributed by atoms with Crippen molar-refractivity contribution in [2.75, 3.05) is 36.4 Å². The van der Waals surface area contributed by atoms with Crippen LogP contribution in [0.1, 0.15) is 19.3 Å². The van der Waals surface area contributed by atoms with Crippen LogP contribution in [0.3, 0.4) is 0 Å². The van der Waals surface area contributed by atoms with Crippen molar-refractivity contribution in [1.82, 2.24) is 4.31 Å². The van der Waals surface area contributed by atoms with Gasteiger partial charge in [0.15, 0.2) is 0 Å². The number of ether oxygens (including phenoxy) is 1. The van der Waals surface area contributed by atoms with Crippen molar-refractivity contribution in [2.45, 2.75) is 28.4 Å². The van der Waals surface area contributed by atoms with Gasteiger partial charge in [0, 0.05) is 18.8 Å². The van der Waals surface area contributed by atoms with Crippen LogP contribution < -0.4 is 14.4 Å². The highest BCUT2D eigenvalue weighted by atomic mass is 32.2. The summed E-state index contributed by atoms with van der Waals surface area (Å²) >= 11 is 0.989. The first-order chi connectivity index (χ1) is 17.6. The molecule has 37 heavy (non-hydrogen) atoms. The maximum Gasteiger partial charge on any atom is 0.274 e. The van der Waals surface area contributed by atoms with Crippen LogP contribution in [0.15, 0.2) is 69.1 Å². The third-order valence-electron chi connectivity index (χ3n) is 5.82. The molecule has 1 amide bonds. The Labute approximate surface area is 219 Å². The summed E-state index contributed by atoms with van der Waals surface area (Å²) in [5.41, 5.74) is 0.266. The summed E-state index contributed by atoms with van der Waals surface area (Å²) in [6.07, 6.45) is 2.48. The molecule has 2 aromatic carbocycles. The molecule has 1 aliphatic heterocycles. The van der Waals surface area contributed by atoms with Gasteiger partial charge < -0.3 is 10.1 Å². The van der Waals surface area contributed by atoms with E-state index in [-0.39, 0.29) is 26.2 Å². The van der Waals surface area contributed by atoms with Crippen LogP contribution in [-0.4, -0.2) is 53.8 Å². The molecule has 0 aliphatic carbocycles. The number of hydrogen-bond donors (Lipinski definition) is 1. The molecule has 1 N–H and O–H groups in total. The Kier molecular flexibility index (Phi) is 8.17. The molecule has 1 saturated heterocycles. The number of carbonyl (C=O) groups excluding carboxylic acids is 1. The molecule has 4 rings (SSSR count). The lowest BCUT2D eigenvalue weighted by Gasteiger charge is -2.27. The fraction of sp³-hybridized carbons (Fsp3) is 0.292. The van der Waals surface area contributed by atoms with E-state index >= 15 is 0 Å². The molecule has 0 saturated carbocycles. The van der Waals surface area contributed by atoms with Gasteiger partial charge in [-0.25, -0.2) is 21.2 Å². The number of anilines is 2. The molecule has 198 valence electrons. The zero-order chi connectivity index (χ0) is 26.6. The lowest BCUT2D eigenvalue weighted by atomic mass is 10.2. The molecule has 0 bridgehead atoms. The van der Waals surface area contributed by atoms with Crippen LogP contribution in [0.4, 0.5) is 15.8 Å². The minimum absolute atomic E-state index is 0.0176. The van der Waals surface area contributed by atoms with E-state index < -0.39 is 38.3 Å². The molecule has 1 aromatic heterocycles. The third kappa shape index (κ3) is 5.95. The summed E-state index contributed by atoms with van der Waals surface area (Å²) in [5, 5.41) is 4.18. The van der Waals surface area contributed by atoms with Gasteiger partial charge in [0.1, 0.15) is 27.2 Å². The largest absolute Gasteiger partial charge is 0.495 e. The van der Waals surface area contributed by atoms with Gasteiger partial charge in [0.05, 0.1) is 12.8 Å². The van der Waals surface area contributed by atoms with Crippen LogP contribution in [0.25, 0.3) is 0 Å². The van der Waals surface area contributed by atoms with Crippen molar-refractivity contribution in [1.29, 1.82) is 0 Å². The number of nitrogens with one attached hydrogen (secondary N) is 1. The fourth-order valence-electron chi connectivity index (χ4n) is 3.97. The van der Waals surface area contributed by atoms with Gasteiger partial charge in [-0.3, -0.25) is 9.10 Å². The highest BCUT2D eigenvalue weighted by Gasteiger charge is 2.31. The Balaban J connectivity index is 1.61. The molecular weight excluding hydrogens is 541 g/mol. The molecule has 2 heterocycles. The maximum absolute atomic E-state index is 13.5. The first-order valence-corrected chi connectivity index (χ1v) is 15.2. The second kappa shape index (κ2) is 11.2. The van der Waals surface area contributed by atoms with E-state index in [4.69, 9.17) is 4.74 Å². The number of halogens is 1. The molecule has 9 nitrogen and oxygen atoms in total. The van der Waals surface area contributed by atoms with E-state index in [9.17, 15) is 26.0 Å². The Hall–Kier alpha value is -3.00. The number of thiophene rings is 1. The predicted octanol–water partition coefficient (Wildman–Crippen LogP) is 3.90. The van der Waals surface area contributed by atoms with E-state index in [0.29, 0.717) is 13.1 Å². The van der Waals surface area contributed by atoms with E-state index in [1.165, 1.54) is 47.8 Å². The van der Waals surface area contributed by atoms with Crippen LogP contribution in [0, 0.1) is 5.82 Å². The van der Waals surface area contributed by atoms with Crippen LogP contribution >= 0.6 is 11.3 Å². The summed E-state index contributed by atoms with van der Waals surface area (Å²) in [7, 11) is -6.63. The molecule has 0 unspecified atom stereocenters. The number of nitrogens with zero attached hydrogens (tertiary/aromatic N) is 2. The van der Waals surface area contributed by atoms with Crippen molar-refractivity contribution in [2.24, 2.45) is 0 Å². The first kappa shape index (κ1) is 27.0. The summed E-state index contributed by atoms with van der Waals surface area (Å²) in [5.74, 6) is -1.13. The van der Waals surface area contributed by atoms with E-state index in [1.54, 1.807) is 11.4 Å². The predicted molar refractivity (Wildman–Crippen MR) is 139 cm³/mol. The topological polar surface area (TPSA) is 113 Å². The number of amides is 1. The highest BCUT2D eigenvalue weighted by molar-refractivity contribution is 7.94. The van der Waals surface area contributed by atoms with Gasteiger partial charge in [-0.2, -0.15) is 4.31 Å². The normalized spacial score (nSPS) is 14.8. The van der Waals surface area contributed by atoms with Crippen LogP contribution in [-0.2, 0) is 24.8 Å². The van der Waals surface area contributed by atoms with Gasteiger partial charge in [-0.15, -0.1) is 11.3 Å². The van der Waals surface area contributed by atoms with Crippen LogP contribution in [0.2, 0.25) is 0 Å². The molecule has 1 aliphatic rings. The number of piperidine rings is 1. The monoisotopic (exact) mass is 567 g/mol. The number of methoxy groups -OCH3 is 1. The van der Waals surface area contributed by atoms with Gasteiger partial charge >= 0.3 is 0 Å². The number of sulfonamides is 2. The van der Waals surface area contributed by atoms with Gasteiger partial charge in [-0.05, 0) is 66.8 Å². The number of hydrogen-bond acceptors (Lipinski definition) is 7. The lowest BCUT2D eigenvalue weighted by Crippen LogP contribution is -2.38. The molecule has 0 atom stereocenters. The van der Waals surface area contributed by atoms with Gasteiger partial charge in [-0.1, -0.05) is 12.5 Å². The lowest BCUT2D eigenvalue weighted by molar-refractivity contribution is -0.114. The van der Waals surface area contributed by atoms with Crippen molar-refractivity contribution in [3.05, 3.63) is 65.8 Å². The number of rotatable bonds is 9. The minimum Gasteiger partial charge on any atom is -0.495 e. The van der Waals surface area contributed by atoms with E-state index in [1.807, 2.05) is 0 Å². The van der Waals surface area contributed by atoms with Gasteiger partial charge in [0.2, 0.25) is 15.9 Å². The molecular formula is C24H26FN3O6S3. The zero-order valence-corrected chi connectivity index (χ0v) is 22.4. The zero-order valence-electron chi connectivity index (χ0n) is 20.0. The van der Waals surface area contributed by atoms with Crippen molar-refractivity contribution >= 4 is 48.7 Å². The smallest absolute Gasteiger partial charge is 0.274 e. The summed E-state index contributed by atoms with van der Waals surface area (Å²) in [6.45, 7) is 0.177. The second-order valence-electron chi connectivity index (χ2n) is 8.30. The number of benzene rings is 2. The minimum atomic E-state index is -4.12. The third-order valence-corrected chi connectivity index (χ3v) is 10.9. The SMILES string of the molecule is COc1ccc(NC(=O)CN(c2ccc(F)cc2)S(=O)(=O)c2cccs2)cc1S(=O)(=O)N1CCCCC1. The molecule has 3 aromatic rings. The van der Waals surface area contributed by atoms with E-state index in [2.05, 4.69) is 5.32 Å². The first-order valence-electron chi connectivity index (χ1n) is 11.4. The Morgan fingerprint density at radius 1 is 1.05 bits per heavy atom. The number of carbonyl (C=O) groups is 1. The summed E-state index contributed by atoms with van der Waals surface area (Å²) < 4.78 is 74.1. The van der Waals surface area contributed by atoms with Crippen molar-refractivity contribution < 1.29 is 30.8 Å². The standard InChI is InChI=1S/C24H26FN3O6S3/c1-34-21-12-9-19(16-22(21)36(30,31)27-13-3-2-4-14-27)26-23(29)17-28(20-10-7-18(25)8-11-20)37(32,33)24-6-5-15-35-24/h5-12,15-16H,2-4,13-14,17H2,1H3,(H,26,29). The summed E-state index contributed by atoms with van der Waals surface area (Å²) in [6, 6.07) is 11.9. The van der Waals surface area contributed by atoms with Crippen molar-refractivity contribution in [3.63, 3.8) is 0 Å². The fourth-order valence-corrected chi connectivity index (χ4v) is 8.20. The van der Waals surface area contributed by atoms with Crippen molar-refractivity contribution in [3.8, 4) is 5.75 Å². The highest BCUT2D eigenvalue weighted by Crippen LogP contribution is 2.32. The van der Waals surface area contributed by atoms with Gasteiger partial charge in [0.25, 0.3) is 10.0 Å². The average molecular weight is 568 g/mol. The quantitative estimate of drug-likeness (QED) is 0.420. The molecule has 0 spiro atoms. The Morgan fingerprint density at radius 3 is 2.38 bits per heavy atom. The molecule has 1 fully saturated rings. The second-order valence-corrected chi connectivity index (χ2v) is 13.2. The average Bonchev–Trinajstić information content (AvgIpc) is 3.45.